The molecule has 0 aromatic carbocycles. The van der Waals surface area contributed by atoms with Gasteiger partial charge in [-0.05, 0) is 52.5 Å². The van der Waals surface area contributed by atoms with Gasteiger partial charge in [0.25, 0.3) is 5.91 Å². The second kappa shape index (κ2) is 6.05. The quantitative estimate of drug-likeness (QED) is 0.859. The van der Waals surface area contributed by atoms with Crippen molar-refractivity contribution in [2.45, 2.75) is 89.6 Å². The van der Waals surface area contributed by atoms with Gasteiger partial charge in [-0.15, -0.1) is 0 Å². The predicted octanol–water partition coefficient (Wildman–Crippen LogP) is 3.97. The number of nitrogens with one attached hydrogen (secondary N) is 1. The third-order valence-corrected chi connectivity index (χ3v) is 4.79. The van der Waals surface area contributed by atoms with Crippen LogP contribution in [0.25, 0.3) is 0 Å². The van der Waals surface area contributed by atoms with E-state index in [1.807, 2.05) is 6.07 Å². The van der Waals surface area contributed by atoms with Crippen LogP contribution in [0.15, 0.2) is 6.07 Å². The van der Waals surface area contributed by atoms with Crippen molar-refractivity contribution in [3.8, 4) is 0 Å². The molecule has 0 aliphatic heterocycles. The molecule has 2 fully saturated rings. The fourth-order valence-electron chi connectivity index (χ4n) is 3.40. The molecule has 3 rings (SSSR count). The number of carbonyl (C=O) groups excluding carboxylic acids is 1. The van der Waals surface area contributed by atoms with Crippen LogP contribution in [0.1, 0.15) is 94.2 Å². The minimum atomic E-state index is -0.0707. The minimum absolute atomic E-state index is 0.0109. The number of nitrogens with zero attached hydrogens (tertiary/aromatic N) is 2. The number of hydrogen-bond acceptors (Lipinski definition) is 2. The Labute approximate surface area is 133 Å². The van der Waals surface area contributed by atoms with Gasteiger partial charge in [0.2, 0.25) is 0 Å². The summed E-state index contributed by atoms with van der Waals surface area (Å²) >= 11 is 0. The second-order valence-corrected chi connectivity index (χ2v) is 7.97. The molecule has 4 nitrogen and oxygen atoms in total. The van der Waals surface area contributed by atoms with Crippen molar-refractivity contribution in [3.05, 3.63) is 17.5 Å². The van der Waals surface area contributed by atoms with E-state index in [0.29, 0.717) is 17.7 Å². The van der Waals surface area contributed by atoms with E-state index in [0.717, 1.165) is 12.8 Å². The standard InChI is InChI=1S/C18H29N3O/c1-18(2,3)21-16(13-10-11-13)12-15(20-21)17(22)19-14-8-6-4-5-7-9-14/h12-14H,4-11H2,1-3H3,(H,19,22). The molecule has 22 heavy (non-hydrogen) atoms. The maximum atomic E-state index is 12.6. The van der Waals surface area contributed by atoms with Gasteiger partial charge in [-0.3, -0.25) is 9.48 Å². The minimum Gasteiger partial charge on any atom is -0.348 e. The van der Waals surface area contributed by atoms with Crippen molar-refractivity contribution in [1.29, 1.82) is 0 Å². The fraction of sp³-hybridized carbons (Fsp3) is 0.778. The lowest BCUT2D eigenvalue weighted by Crippen LogP contribution is -2.35. The van der Waals surface area contributed by atoms with E-state index in [2.05, 4.69) is 35.9 Å². The summed E-state index contributed by atoms with van der Waals surface area (Å²) in [5.41, 5.74) is 1.76. The zero-order valence-corrected chi connectivity index (χ0v) is 14.2. The molecule has 0 radical (unpaired) electrons. The van der Waals surface area contributed by atoms with Crippen molar-refractivity contribution in [2.75, 3.05) is 0 Å². The molecule has 4 heteroatoms. The lowest BCUT2D eigenvalue weighted by atomic mass is 10.1. The molecule has 0 saturated heterocycles. The Hall–Kier alpha value is -1.32. The highest BCUT2D eigenvalue weighted by atomic mass is 16.2. The lowest BCUT2D eigenvalue weighted by Gasteiger charge is -2.22. The van der Waals surface area contributed by atoms with Gasteiger partial charge in [-0.2, -0.15) is 5.10 Å². The van der Waals surface area contributed by atoms with Crippen LogP contribution in [-0.4, -0.2) is 21.7 Å². The van der Waals surface area contributed by atoms with E-state index in [9.17, 15) is 4.79 Å². The molecule has 2 saturated carbocycles. The van der Waals surface area contributed by atoms with E-state index in [4.69, 9.17) is 0 Å². The molecule has 1 heterocycles. The predicted molar refractivity (Wildman–Crippen MR) is 88.2 cm³/mol. The van der Waals surface area contributed by atoms with Crippen LogP contribution in [0.3, 0.4) is 0 Å². The van der Waals surface area contributed by atoms with E-state index in [1.54, 1.807) is 0 Å². The van der Waals surface area contributed by atoms with Crippen molar-refractivity contribution in [1.82, 2.24) is 15.1 Å². The Kier molecular flexibility index (Phi) is 4.28. The van der Waals surface area contributed by atoms with Gasteiger partial charge in [0, 0.05) is 17.7 Å². The number of carbonyl (C=O) groups is 1. The largest absolute Gasteiger partial charge is 0.348 e. The summed E-state index contributed by atoms with van der Waals surface area (Å²) < 4.78 is 2.06. The van der Waals surface area contributed by atoms with E-state index < -0.39 is 0 Å². The van der Waals surface area contributed by atoms with Gasteiger partial charge >= 0.3 is 0 Å². The Morgan fingerprint density at radius 3 is 2.32 bits per heavy atom. The first-order chi connectivity index (χ1) is 10.4. The van der Waals surface area contributed by atoms with Crippen LogP contribution in [0.5, 0.6) is 0 Å². The summed E-state index contributed by atoms with van der Waals surface area (Å²) in [7, 11) is 0. The summed E-state index contributed by atoms with van der Waals surface area (Å²) in [6.45, 7) is 6.45. The fourth-order valence-corrected chi connectivity index (χ4v) is 3.40. The molecule has 0 bridgehead atoms. The van der Waals surface area contributed by atoms with Crippen LogP contribution >= 0.6 is 0 Å². The van der Waals surface area contributed by atoms with E-state index in [1.165, 1.54) is 44.2 Å². The first-order valence-electron chi connectivity index (χ1n) is 8.86. The molecule has 0 atom stereocenters. The monoisotopic (exact) mass is 303 g/mol. The third-order valence-electron chi connectivity index (χ3n) is 4.79. The van der Waals surface area contributed by atoms with Crippen molar-refractivity contribution < 1.29 is 4.79 Å². The van der Waals surface area contributed by atoms with Crippen LogP contribution in [0, 0.1) is 0 Å². The number of rotatable bonds is 3. The smallest absolute Gasteiger partial charge is 0.272 e. The lowest BCUT2D eigenvalue weighted by molar-refractivity contribution is 0.0926. The van der Waals surface area contributed by atoms with Crippen molar-refractivity contribution in [2.24, 2.45) is 0 Å². The van der Waals surface area contributed by atoms with E-state index in [-0.39, 0.29) is 11.4 Å². The van der Waals surface area contributed by atoms with Crippen LogP contribution in [0.4, 0.5) is 0 Å². The highest BCUT2D eigenvalue weighted by molar-refractivity contribution is 5.92. The molecule has 2 aliphatic rings. The van der Waals surface area contributed by atoms with Gasteiger partial charge in [0.05, 0.1) is 5.54 Å². The summed E-state index contributed by atoms with van der Waals surface area (Å²) in [4.78, 5) is 12.6. The second-order valence-electron chi connectivity index (χ2n) is 7.97. The van der Waals surface area contributed by atoms with Gasteiger partial charge in [0.1, 0.15) is 5.69 Å². The topological polar surface area (TPSA) is 46.9 Å². The molecule has 122 valence electrons. The van der Waals surface area contributed by atoms with Gasteiger partial charge in [-0.25, -0.2) is 0 Å². The van der Waals surface area contributed by atoms with Gasteiger partial charge in [0.15, 0.2) is 0 Å². The Balaban J connectivity index is 1.74. The zero-order chi connectivity index (χ0) is 15.7. The Bertz CT molecular complexity index is 529. The SMILES string of the molecule is CC(C)(C)n1nc(C(=O)NC2CCCCCC2)cc1C1CC1. The molecule has 1 N–H and O–H groups in total. The van der Waals surface area contributed by atoms with Crippen molar-refractivity contribution in [3.63, 3.8) is 0 Å². The Morgan fingerprint density at radius 1 is 1.14 bits per heavy atom. The normalized spacial score (nSPS) is 20.7. The maximum absolute atomic E-state index is 12.6. The van der Waals surface area contributed by atoms with Gasteiger partial charge in [-0.1, -0.05) is 25.7 Å². The molecule has 0 unspecified atom stereocenters. The molecule has 1 aromatic heterocycles. The summed E-state index contributed by atoms with van der Waals surface area (Å²) in [6.07, 6.45) is 9.75. The molecule has 1 amide bonds. The summed E-state index contributed by atoms with van der Waals surface area (Å²) in [5, 5.41) is 7.85. The van der Waals surface area contributed by atoms with Crippen molar-refractivity contribution >= 4 is 5.91 Å². The third kappa shape index (κ3) is 3.53. The summed E-state index contributed by atoms with van der Waals surface area (Å²) in [6, 6.07) is 2.36. The Morgan fingerprint density at radius 2 is 1.77 bits per heavy atom. The first kappa shape index (κ1) is 15.6. The zero-order valence-electron chi connectivity index (χ0n) is 14.2. The number of hydrogen-bond donors (Lipinski definition) is 1. The molecule has 2 aliphatic carbocycles. The summed E-state index contributed by atoms with van der Waals surface area (Å²) in [5.74, 6) is 0.614. The van der Waals surface area contributed by atoms with Crippen LogP contribution < -0.4 is 5.32 Å². The van der Waals surface area contributed by atoms with Crippen LogP contribution in [0.2, 0.25) is 0 Å². The first-order valence-corrected chi connectivity index (χ1v) is 8.86. The molecule has 1 aromatic rings. The molecule has 0 spiro atoms. The average molecular weight is 303 g/mol. The van der Waals surface area contributed by atoms with Gasteiger partial charge < -0.3 is 5.32 Å². The maximum Gasteiger partial charge on any atom is 0.272 e. The highest BCUT2D eigenvalue weighted by Gasteiger charge is 2.32. The number of amides is 1. The molecular formula is C18H29N3O. The number of aromatic nitrogens is 2. The highest BCUT2D eigenvalue weighted by Crippen LogP contribution is 2.41. The average Bonchev–Trinajstić information content (AvgIpc) is 3.22. The molecular weight excluding hydrogens is 274 g/mol. The van der Waals surface area contributed by atoms with E-state index >= 15 is 0 Å². The van der Waals surface area contributed by atoms with Crippen LogP contribution in [-0.2, 0) is 5.54 Å².